The first-order valence-electron chi connectivity index (χ1n) is 6.41. The number of hydrogen-bond acceptors (Lipinski definition) is 3. The van der Waals surface area contributed by atoms with Crippen molar-refractivity contribution >= 4 is 45.1 Å². The molecule has 22 heavy (non-hydrogen) atoms. The highest BCUT2D eigenvalue weighted by Gasteiger charge is 2.23. The van der Waals surface area contributed by atoms with Crippen LogP contribution in [0.4, 0.5) is 0 Å². The number of hydrogen-bond donors (Lipinski definition) is 1. The second-order valence-electron chi connectivity index (χ2n) is 4.49. The Morgan fingerprint density at radius 3 is 2.59 bits per heavy atom. The fourth-order valence-corrected chi connectivity index (χ4v) is 2.84. The Kier molecular flexibility index (Phi) is 5.32. The molecule has 0 aliphatic carbocycles. The van der Waals surface area contributed by atoms with Gasteiger partial charge in [0.15, 0.2) is 0 Å². The lowest BCUT2D eigenvalue weighted by molar-refractivity contribution is 0.0525. The van der Waals surface area contributed by atoms with E-state index in [9.17, 15) is 9.59 Å². The van der Waals surface area contributed by atoms with Crippen LogP contribution in [0.5, 0.6) is 0 Å². The molecule has 0 radical (unpaired) electrons. The van der Waals surface area contributed by atoms with Gasteiger partial charge in [0.2, 0.25) is 0 Å². The Bertz CT molecular complexity index is 802. The van der Waals surface area contributed by atoms with E-state index in [1.54, 1.807) is 32.0 Å². The van der Waals surface area contributed by atoms with Crippen LogP contribution in [-0.4, -0.2) is 17.6 Å². The third-order valence-electron chi connectivity index (χ3n) is 3.01. The number of H-pyrrole nitrogens is 1. The van der Waals surface area contributed by atoms with Crippen LogP contribution in [0.25, 0.3) is 11.1 Å². The SMILES string of the molecule is CCOC(=O)c1c(-c2ccc(Cl)c(Cl)c2)c(Br)c(C)[nH]c1=O. The third kappa shape index (κ3) is 3.21. The van der Waals surface area contributed by atoms with Crippen LogP contribution >= 0.6 is 39.1 Å². The molecular formula is C15H12BrCl2NO3. The zero-order chi connectivity index (χ0) is 16.4. The zero-order valence-electron chi connectivity index (χ0n) is 11.8. The van der Waals surface area contributed by atoms with Gasteiger partial charge in [-0.25, -0.2) is 4.79 Å². The van der Waals surface area contributed by atoms with Gasteiger partial charge < -0.3 is 9.72 Å². The summed E-state index contributed by atoms with van der Waals surface area (Å²) in [7, 11) is 0. The number of aryl methyl sites for hydroxylation is 1. The monoisotopic (exact) mass is 403 g/mol. The molecule has 0 saturated heterocycles. The topological polar surface area (TPSA) is 59.2 Å². The molecule has 1 heterocycles. The molecule has 0 aliphatic rings. The van der Waals surface area contributed by atoms with Gasteiger partial charge in [-0.3, -0.25) is 4.79 Å². The average Bonchev–Trinajstić information content (AvgIpc) is 2.45. The van der Waals surface area contributed by atoms with Crippen molar-refractivity contribution in [2.75, 3.05) is 6.61 Å². The van der Waals surface area contributed by atoms with Gasteiger partial charge in [-0.2, -0.15) is 0 Å². The van der Waals surface area contributed by atoms with Gasteiger partial charge >= 0.3 is 5.97 Å². The van der Waals surface area contributed by atoms with Crippen LogP contribution < -0.4 is 5.56 Å². The molecule has 0 aliphatic heterocycles. The molecule has 7 heteroatoms. The molecule has 0 fully saturated rings. The summed E-state index contributed by atoms with van der Waals surface area (Å²) in [5.41, 5.74) is 1.04. The molecule has 1 N–H and O–H groups in total. The number of aromatic nitrogens is 1. The third-order valence-corrected chi connectivity index (χ3v) is 4.74. The van der Waals surface area contributed by atoms with Crippen LogP contribution in [0.2, 0.25) is 10.0 Å². The van der Waals surface area contributed by atoms with Gasteiger partial charge in [0.25, 0.3) is 5.56 Å². The number of carbonyl (C=O) groups is 1. The fraction of sp³-hybridized carbons (Fsp3) is 0.200. The van der Waals surface area contributed by atoms with Crippen molar-refractivity contribution in [3.8, 4) is 11.1 Å². The van der Waals surface area contributed by atoms with Crippen molar-refractivity contribution in [2.45, 2.75) is 13.8 Å². The molecule has 1 aromatic heterocycles. The number of esters is 1. The summed E-state index contributed by atoms with van der Waals surface area (Å²) >= 11 is 15.4. The molecule has 2 rings (SSSR count). The number of aromatic amines is 1. The Morgan fingerprint density at radius 2 is 2.00 bits per heavy atom. The first-order chi connectivity index (χ1) is 10.4. The maximum absolute atomic E-state index is 12.2. The molecule has 0 atom stereocenters. The molecule has 1 aromatic carbocycles. The summed E-state index contributed by atoms with van der Waals surface area (Å²) in [6.45, 7) is 3.57. The number of carbonyl (C=O) groups excluding carboxylic acids is 1. The van der Waals surface area contributed by atoms with Gasteiger partial charge in [0.05, 0.1) is 16.7 Å². The first kappa shape index (κ1) is 17.1. The van der Waals surface area contributed by atoms with Gasteiger partial charge in [-0.15, -0.1) is 0 Å². The number of rotatable bonds is 3. The molecule has 0 amide bonds. The minimum absolute atomic E-state index is 0.0716. The van der Waals surface area contributed by atoms with E-state index in [1.165, 1.54) is 0 Å². The largest absolute Gasteiger partial charge is 0.462 e. The van der Waals surface area contributed by atoms with Crippen LogP contribution in [0, 0.1) is 6.92 Å². The molecule has 0 unspecified atom stereocenters. The second kappa shape index (κ2) is 6.86. The number of nitrogens with one attached hydrogen (secondary N) is 1. The predicted octanol–water partition coefficient (Wildman–Crippen LogP) is 4.60. The van der Waals surface area contributed by atoms with Crippen molar-refractivity contribution in [3.63, 3.8) is 0 Å². The summed E-state index contributed by atoms with van der Waals surface area (Å²) in [5.74, 6) is -0.689. The standard InChI is InChI=1S/C15H12BrCl2NO3/c1-3-22-15(21)12-11(13(16)7(2)19-14(12)20)8-4-5-9(17)10(18)6-8/h4-6H,3H2,1-2H3,(H,19,20). The molecule has 2 aromatic rings. The normalized spacial score (nSPS) is 10.6. The van der Waals surface area contributed by atoms with Crippen molar-refractivity contribution in [3.05, 3.63) is 54.3 Å². The highest BCUT2D eigenvalue weighted by molar-refractivity contribution is 9.10. The van der Waals surface area contributed by atoms with Crippen molar-refractivity contribution in [2.24, 2.45) is 0 Å². The van der Waals surface area contributed by atoms with Gasteiger partial charge in [-0.05, 0) is 47.5 Å². The van der Waals surface area contributed by atoms with Gasteiger partial charge in [-0.1, -0.05) is 29.3 Å². The molecule has 116 valence electrons. The van der Waals surface area contributed by atoms with E-state index in [1.807, 2.05) is 0 Å². The van der Waals surface area contributed by atoms with Gasteiger partial charge in [0.1, 0.15) is 5.56 Å². The Balaban J connectivity index is 2.80. The summed E-state index contributed by atoms with van der Waals surface area (Å²) in [4.78, 5) is 27.0. The average molecular weight is 405 g/mol. The van der Waals surface area contributed by atoms with E-state index < -0.39 is 11.5 Å². The lowest BCUT2D eigenvalue weighted by atomic mass is 10.0. The number of benzene rings is 1. The van der Waals surface area contributed by atoms with E-state index in [0.29, 0.717) is 31.3 Å². The molecule has 0 spiro atoms. The predicted molar refractivity (Wildman–Crippen MR) is 90.9 cm³/mol. The maximum atomic E-state index is 12.2. The molecule has 0 bridgehead atoms. The summed E-state index contributed by atoms with van der Waals surface area (Å²) in [6, 6.07) is 4.90. The lowest BCUT2D eigenvalue weighted by Gasteiger charge is -2.13. The second-order valence-corrected chi connectivity index (χ2v) is 6.10. The molecule has 4 nitrogen and oxygen atoms in total. The molecule has 0 saturated carbocycles. The van der Waals surface area contributed by atoms with Crippen molar-refractivity contribution in [1.82, 2.24) is 4.98 Å². The highest BCUT2D eigenvalue weighted by atomic mass is 79.9. The minimum Gasteiger partial charge on any atom is -0.462 e. The number of pyridine rings is 1. The number of ether oxygens (including phenoxy) is 1. The van der Waals surface area contributed by atoms with E-state index in [4.69, 9.17) is 27.9 Å². The Labute approximate surface area is 145 Å². The lowest BCUT2D eigenvalue weighted by Crippen LogP contribution is -2.22. The van der Waals surface area contributed by atoms with E-state index >= 15 is 0 Å². The smallest absolute Gasteiger partial charge is 0.344 e. The van der Waals surface area contributed by atoms with E-state index in [-0.39, 0.29) is 12.2 Å². The zero-order valence-corrected chi connectivity index (χ0v) is 14.9. The van der Waals surface area contributed by atoms with E-state index in [2.05, 4.69) is 20.9 Å². The van der Waals surface area contributed by atoms with Crippen LogP contribution in [0.1, 0.15) is 23.0 Å². The van der Waals surface area contributed by atoms with Crippen molar-refractivity contribution < 1.29 is 9.53 Å². The summed E-state index contributed by atoms with van der Waals surface area (Å²) in [6.07, 6.45) is 0. The van der Waals surface area contributed by atoms with Crippen molar-refractivity contribution in [1.29, 1.82) is 0 Å². The summed E-state index contributed by atoms with van der Waals surface area (Å²) < 4.78 is 5.57. The Hall–Kier alpha value is -1.30. The highest BCUT2D eigenvalue weighted by Crippen LogP contribution is 2.35. The maximum Gasteiger partial charge on any atom is 0.344 e. The number of halogens is 3. The fourth-order valence-electron chi connectivity index (χ4n) is 2.02. The Morgan fingerprint density at radius 1 is 1.32 bits per heavy atom. The van der Waals surface area contributed by atoms with Crippen LogP contribution in [0.15, 0.2) is 27.5 Å². The van der Waals surface area contributed by atoms with E-state index in [0.717, 1.165) is 0 Å². The van der Waals surface area contributed by atoms with Gasteiger partial charge in [0, 0.05) is 15.7 Å². The minimum atomic E-state index is -0.689. The summed E-state index contributed by atoms with van der Waals surface area (Å²) in [5, 5.41) is 0.722. The first-order valence-corrected chi connectivity index (χ1v) is 7.96. The van der Waals surface area contributed by atoms with Crippen LogP contribution in [0.3, 0.4) is 0 Å². The quantitative estimate of drug-likeness (QED) is 0.760. The molecular weight excluding hydrogens is 393 g/mol. The van der Waals surface area contributed by atoms with Crippen LogP contribution in [-0.2, 0) is 4.74 Å².